The Labute approximate surface area is 112 Å². The molecule has 1 aliphatic heterocycles. The lowest BCUT2D eigenvalue weighted by atomic mass is 9.92. The first-order chi connectivity index (χ1) is 8.86. The number of rotatable bonds is 1. The number of carbonyl (C=O) groups is 1. The fraction of sp³-hybridized carbons (Fsp3) is 0.615. The van der Waals surface area contributed by atoms with Crippen molar-refractivity contribution in [3.63, 3.8) is 0 Å². The molecule has 1 fully saturated rings. The smallest absolute Gasteiger partial charge is 0.323 e. The van der Waals surface area contributed by atoms with E-state index in [9.17, 15) is 9.90 Å². The molecule has 1 saturated heterocycles. The maximum Gasteiger partial charge on any atom is 0.323 e. The third-order valence-electron chi connectivity index (χ3n) is 3.12. The Morgan fingerprint density at radius 1 is 1.42 bits per heavy atom. The first kappa shape index (κ1) is 13.7. The molecule has 0 saturated carbocycles. The summed E-state index contributed by atoms with van der Waals surface area (Å²) < 4.78 is 0. The lowest BCUT2D eigenvalue weighted by molar-refractivity contribution is 0.176. The molecule has 6 heteroatoms. The maximum atomic E-state index is 11.9. The molecule has 0 unspecified atom stereocenters. The van der Waals surface area contributed by atoms with Crippen LogP contribution in [-0.2, 0) is 5.41 Å². The molecule has 2 N–H and O–H groups in total. The summed E-state index contributed by atoms with van der Waals surface area (Å²) in [6, 6.07) is 3.37. The molecule has 2 heterocycles. The Bertz CT molecular complexity index is 453. The van der Waals surface area contributed by atoms with Gasteiger partial charge in [0.15, 0.2) is 5.82 Å². The van der Waals surface area contributed by atoms with Crippen LogP contribution in [0.2, 0.25) is 0 Å². The summed E-state index contributed by atoms with van der Waals surface area (Å²) in [5.74, 6) is 0.430. The minimum Gasteiger partial charge on any atom is -0.391 e. The summed E-state index contributed by atoms with van der Waals surface area (Å²) in [5, 5.41) is 20.2. The first-order valence-corrected chi connectivity index (χ1v) is 6.44. The summed E-state index contributed by atoms with van der Waals surface area (Å²) >= 11 is 0. The summed E-state index contributed by atoms with van der Waals surface area (Å²) in [6.45, 7) is 7.11. The number of hydrogen-bond acceptors (Lipinski definition) is 4. The Balaban J connectivity index is 1.98. The van der Waals surface area contributed by atoms with Gasteiger partial charge in [-0.25, -0.2) is 4.79 Å². The van der Waals surface area contributed by atoms with Crippen LogP contribution in [0.4, 0.5) is 10.6 Å². The second-order valence-electron chi connectivity index (χ2n) is 5.87. The van der Waals surface area contributed by atoms with E-state index >= 15 is 0 Å². The molecule has 0 bridgehead atoms. The monoisotopic (exact) mass is 264 g/mol. The molecule has 6 nitrogen and oxygen atoms in total. The molecule has 2 amide bonds. The quantitative estimate of drug-likeness (QED) is 0.803. The number of urea groups is 1. The standard InChI is InChI=1S/C13H20N4O2/c1-13(2,3)10-4-5-11(16-15-10)14-12(19)17-7-6-9(18)8-17/h4-5,9,18H,6-8H2,1-3H3,(H,14,16,19)/t9-/m0/s1. The number of nitrogens with one attached hydrogen (secondary N) is 1. The van der Waals surface area contributed by atoms with Gasteiger partial charge in [-0.05, 0) is 18.6 Å². The molecule has 19 heavy (non-hydrogen) atoms. The molecule has 0 radical (unpaired) electrons. The highest BCUT2D eigenvalue weighted by Gasteiger charge is 2.25. The number of anilines is 1. The van der Waals surface area contributed by atoms with Crippen LogP contribution in [0.25, 0.3) is 0 Å². The number of likely N-dealkylation sites (tertiary alicyclic amines) is 1. The Morgan fingerprint density at radius 2 is 2.16 bits per heavy atom. The number of aromatic nitrogens is 2. The van der Waals surface area contributed by atoms with Crippen LogP contribution in [-0.4, -0.2) is 45.4 Å². The number of aliphatic hydroxyl groups is 1. The van der Waals surface area contributed by atoms with Crippen molar-refractivity contribution in [3.8, 4) is 0 Å². The highest BCUT2D eigenvalue weighted by atomic mass is 16.3. The van der Waals surface area contributed by atoms with Crippen LogP contribution in [0.15, 0.2) is 12.1 Å². The predicted octanol–water partition coefficient (Wildman–Crippen LogP) is 1.37. The number of carbonyl (C=O) groups excluding carboxylic acids is 1. The molecular weight excluding hydrogens is 244 g/mol. The van der Waals surface area contributed by atoms with Crippen molar-refractivity contribution in [2.24, 2.45) is 0 Å². The summed E-state index contributed by atoms with van der Waals surface area (Å²) in [6.07, 6.45) is 0.210. The van der Waals surface area contributed by atoms with Crippen LogP contribution >= 0.6 is 0 Å². The fourth-order valence-electron chi connectivity index (χ4n) is 1.91. The van der Waals surface area contributed by atoms with Gasteiger partial charge >= 0.3 is 6.03 Å². The van der Waals surface area contributed by atoms with Gasteiger partial charge in [0.2, 0.25) is 0 Å². The average Bonchev–Trinajstić information content (AvgIpc) is 2.75. The van der Waals surface area contributed by atoms with Gasteiger partial charge in [-0.3, -0.25) is 5.32 Å². The summed E-state index contributed by atoms with van der Waals surface area (Å²) in [4.78, 5) is 13.5. The molecule has 104 valence electrons. The zero-order chi connectivity index (χ0) is 14.0. The molecule has 2 rings (SSSR count). The van der Waals surface area contributed by atoms with E-state index in [1.807, 2.05) is 6.07 Å². The third kappa shape index (κ3) is 3.41. The fourth-order valence-corrected chi connectivity index (χ4v) is 1.91. The van der Waals surface area contributed by atoms with E-state index in [2.05, 4.69) is 36.3 Å². The normalized spacial score (nSPS) is 19.6. The van der Waals surface area contributed by atoms with E-state index in [1.54, 1.807) is 11.0 Å². The van der Waals surface area contributed by atoms with Crippen LogP contribution in [0.1, 0.15) is 32.9 Å². The van der Waals surface area contributed by atoms with Crippen molar-refractivity contribution in [1.82, 2.24) is 15.1 Å². The lowest BCUT2D eigenvalue weighted by Gasteiger charge is -2.18. The van der Waals surface area contributed by atoms with Crippen LogP contribution in [0.5, 0.6) is 0 Å². The molecule has 1 aliphatic rings. The summed E-state index contributed by atoms with van der Waals surface area (Å²) in [5.41, 5.74) is 0.816. The number of β-amino-alcohol motifs (C(OH)–C–C–N with tert-alkyl or cyclic N) is 1. The number of nitrogens with zero attached hydrogens (tertiary/aromatic N) is 3. The molecular formula is C13H20N4O2. The van der Waals surface area contributed by atoms with E-state index < -0.39 is 6.10 Å². The Kier molecular flexibility index (Phi) is 3.71. The van der Waals surface area contributed by atoms with E-state index in [1.165, 1.54) is 0 Å². The van der Waals surface area contributed by atoms with E-state index in [4.69, 9.17) is 0 Å². The van der Waals surface area contributed by atoms with Gasteiger partial charge in [0.1, 0.15) is 0 Å². The van der Waals surface area contributed by atoms with E-state index in [0.717, 1.165) is 5.69 Å². The largest absolute Gasteiger partial charge is 0.391 e. The highest BCUT2D eigenvalue weighted by molar-refractivity contribution is 5.88. The number of hydrogen-bond donors (Lipinski definition) is 2. The number of amides is 2. The van der Waals surface area contributed by atoms with Gasteiger partial charge in [-0.15, -0.1) is 5.10 Å². The Hall–Kier alpha value is -1.69. The van der Waals surface area contributed by atoms with Gasteiger partial charge < -0.3 is 10.0 Å². The van der Waals surface area contributed by atoms with Crippen LogP contribution in [0, 0.1) is 0 Å². The highest BCUT2D eigenvalue weighted by Crippen LogP contribution is 2.19. The SMILES string of the molecule is CC(C)(C)c1ccc(NC(=O)N2CC[C@H](O)C2)nn1. The second-order valence-corrected chi connectivity index (χ2v) is 5.87. The molecule has 1 aromatic rings. The molecule has 1 atom stereocenters. The third-order valence-corrected chi connectivity index (χ3v) is 3.12. The van der Waals surface area contributed by atoms with Crippen molar-refractivity contribution in [1.29, 1.82) is 0 Å². The Morgan fingerprint density at radius 3 is 2.63 bits per heavy atom. The van der Waals surface area contributed by atoms with Gasteiger partial charge in [0.05, 0.1) is 11.8 Å². The maximum absolute atomic E-state index is 11.9. The summed E-state index contributed by atoms with van der Waals surface area (Å²) in [7, 11) is 0. The molecule has 0 aliphatic carbocycles. The first-order valence-electron chi connectivity index (χ1n) is 6.44. The lowest BCUT2D eigenvalue weighted by Crippen LogP contribution is -2.34. The second kappa shape index (κ2) is 5.13. The van der Waals surface area contributed by atoms with Gasteiger partial charge in [-0.1, -0.05) is 20.8 Å². The van der Waals surface area contributed by atoms with Crippen molar-refractivity contribution in [3.05, 3.63) is 17.8 Å². The molecule has 0 spiro atoms. The van der Waals surface area contributed by atoms with Crippen LogP contribution < -0.4 is 5.32 Å². The van der Waals surface area contributed by atoms with Crippen molar-refractivity contribution >= 4 is 11.8 Å². The van der Waals surface area contributed by atoms with Crippen molar-refractivity contribution in [2.45, 2.75) is 38.7 Å². The van der Waals surface area contributed by atoms with E-state index in [0.29, 0.717) is 25.3 Å². The van der Waals surface area contributed by atoms with Crippen LogP contribution in [0.3, 0.4) is 0 Å². The van der Waals surface area contributed by atoms with Crippen molar-refractivity contribution in [2.75, 3.05) is 18.4 Å². The minimum absolute atomic E-state index is 0.0609. The zero-order valence-electron chi connectivity index (χ0n) is 11.6. The van der Waals surface area contributed by atoms with Gasteiger partial charge in [-0.2, -0.15) is 5.10 Å². The topological polar surface area (TPSA) is 78.4 Å². The minimum atomic E-state index is -0.417. The molecule has 0 aromatic carbocycles. The van der Waals surface area contributed by atoms with Gasteiger partial charge in [0, 0.05) is 18.5 Å². The molecule has 1 aromatic heterocycles. The number of aliphatic hydroxyl groups excluding tert-OH is 1. The van der Waals surface area contributed by atoms with Gasteiger partial charge in [0.25, 0.3) is 0 Å². The average molecular weight is 264 g/mol. The van der Waals surface area contributed by atoms with E-state index in [-0.39, 0.29) is 11.4 Å². The van der Waals surface area contributed by atoms with Crippen molar-refractivity contribution < 1.29 is 9.90 Å². The predicted molar refractivity (Wildman–Crippen MR) is 71.9 cm³/mol. The zero-order valence-corrected chi connectivity index (χ0v) is 11.6.